The molecule has 0 aliphatic rings. The third kappa shape index (κ3) is 13.5. The molecule has 0 amide bonds. The van der Waals surface area contributed by atoms with Crippen LogP contribution >= 0.6 is 0 Å². The van der Waals surface area contributed by atoms with Gasteiger partial charge in [0, 0.05) is 17.3 Å². The number of ether oxygens (including phenoxy) is 1. The van der Waals surface area contributed by atoms with E-state index in [9.17, 15) is 15.0 Å². The molecular formula is C36H65NO4. The van der Waals surface area contributed by atoms with E-state index in [2.05, 4.69) is 32.7 Å². The van der Waals surface area contributed by atoms with Crippen molar-refractivity contribution in [2.24, 2.45) is 11.3 Å². The lowest BCUT2D eigenvalue weighted by Crippen LogP contribution is -2.40. The van der Waals surface area contributed by atoms with Crippen LogP contribution in [0.2, 0.25) is 0 Å². The Bertz CT molecular complexity index is 797. The van der Waals surface area contributed by atoms with Crippen LogP contribution in [0, 0.1) is 18.3 Å². The number of rotatable bonds is 26. The number of aromatic nitrogens is 1. The van der Waals surface area contributed by atoms with Crippen molar-refractivity contribution in [1.29, 1.82) is 0 Å². The van der Waals surface area contributed by atoms with Gasteiger partial charge in [-0.1, -0.05) is 137 Å². The first-order chi connectivity index (χ1) is 19.9. The first kappa shape index (κ1) is 37.4. The Labute approximate surface area is 253 Å². The highest BCUT2D eigenvalue weighted by molar-refractivity contribution is 5.77. The molecule has 1 aromatic heterocycles. The summed E-state index contributed by atoms with van der Waals surface area (Å²) in [5, 5.41) is 20.4. The Kier molecular flexibility index (Phi) is 20.9. The van der Waals surface area contributed by atoms with E-state index < -0.39 is 5.41 Å². The third-order valence-corrected chi connectivity index (χ3v) is 9.15. The van der Waals surface area contributed by atoms with Crippen molar-refractivity contribution in [2.45, 2.75) is 183 Å². The van der Waals surface area contributed by atoms with E-state index in [4.69, 9.17) is 4.74 Å². The van der Waals surface area contributed by atoms with E-state index in [1.165, 1.54) is 83.5 Å². The average Bonchev–Trinajstić information content (AvgIpc) is 2.98. The van der Waals surface area contributed by atoms with Crippen molar-refractivity contribution in [3.63, 3.8) is 0 Å². The number of unbranched alkanes of at least 4 members (excludes halogenated alkanes) is 13. The van der Waals surface area contributed by atoms with Crippen molar-refractivity contribution < 1.29 is 19.7 Å². The second-order valence-electron chi connectivity index (χ2n) is 12.5. The van der Waals surface area contributed by atoms with E-state index in [0.29, 0.717) is 22.7 Å². The molecule has 41 heavy (non-hydrogen) atoms. The summed E-state index contributed by atoms with van der Waals surface area (Å²) in [5.74, 6) is 0.259. The predicted octanol–water partition coefficient (Wildman–Crippen LogP) is 10.5. The number of aliphatic hydroxyl groups excluding tert-OH is 1. The zero-order valence-electron chi connectivity index (χ0n) is 27.6. The van der Waals surface area contributed by atoms with Crippen LogP contribution in [0.1, 0.15) is 179 Å². The number of nitrogens with zero attached hydrogens (tertiary/aromatic N) is 1. The van der Waals surface area contributed by atoms with Crippen molar-refractivity contribution in [3.05, 3.63) is 23.0 Å². The molecule has 5 heteroatoms. The molecule has 1 rings (SSSR count). The third-order valence-electron chi connectivity index (χ3n) is 9.15. The number of hydrogen-bond acceptors (Lipinski definition) is 5. The molecule has 0 aliphatic carbocycles. The highest BCUT2D eigenvalue weighted by atomic mass is 16.5. The Balaban J connectivity index is 3.35. The first-order valence-electron chi connectivity index (χ1n) is 17.4. The molecule has 1 atom stereocenters. The van der Waals surface area contributed by atoms with Crippen LogP contribution in [0.4, 0.5) is 0 Å². The Hall–Kier alpha value is -1.62. The summed E-state index contributed by atoms with van der Waals surface area (Å²) in [6.45, 7) is 10.4. The molecule has 0 bridgehead atoms. The molecule has 0 aromatic carbocycles. The second kappa shape index (κ2) is 22.9. The van der Waals surface area contributed by atoms with Crippen molar-refractivity contribution in [2.75, 3.05) is 0 Å². The zero-order valence-corrected chi connectivity index (χ0v) is 27.6. The molecule has 1 aromatic rings. The van der Waals surface area contributed by atoms with Gasteiger partial charge in [-0.15, -0.1) is 0 Å². The Morgan fingerprint density at radius 3 is 1.73 bits per heavy atom. The van der Waals surface area contributed by atoms with Gasteiger partial charge in [0.05, 0.1) is 17.7 Å². The molecule has 0 fully saturated rings. The molecule has 0 saturated heterocycles. The number of aromatic hydroxyl groups is 1. The number of carbonyl (C=O) groups excluding carboxylic acids is 1. The lowest BCUT2D eigenvalue weighted by Gasteiger charge is -2.40. The van der Waals surface area contributed by atoms with Gasteiger partial charge in [-0.05, 0) is 38.5 Å². The summed E-state index contributed by atoms with van der Waals surface area (Å²) in [6, 6.07) is 0. The Morgan fingerprint density at radius 1 is 0.780 bits per heavy atom. The molecule has 2 N–H and O–H groups in total. The SMILES string of the molecule is CCCCCCCC(CCCCCC)C(CCCCCC)(CCCCCC)C(=O)OCc1cnc(C)c(O)c1CO. The second-order valence-corrected chi connectivity index (χ2v) is 12.5. The number of pyridine rings is 1. The molecule has 238 valence electrons. The standard InChI is InChI=1S/C36H65NO4/c1-6-10-14-18-20-24-32(23-19-15-11-7-2)36(25-21-16-12-8-3,26-22-17-13-9-4)35(40)41-29-31-27-37-30(5)34(39)33(31)28-38/h27,32,38-39H,6-26,28-29H2,1-5H3. The van der Waals surface area contributed by atoms with Crippen LogP contribution in [-0.4, -0.2) is 21.2 Å². The van der Waals surface area contributed by atoms with E-state index >= 15 is 0 Å². The van der Waals surface area contributed by atoms with Crippen LogP contribution in [0.25, 0.3) is 0 Å². The number of esters is 1. The lowest BCUT2D eigenvalue weighted by molar-refractivity contribution is -0.163. The molecular weight excluding hydrogens is 510 g/mol. The summed E-state index contributed by atoms with van der Waals surface area (Å²) in [5.41, 5.74) is 1.00. The fourth-order valence-electron chi connectivity index (χ4n) is 6.42. The van der Waals surface area contributed by atoms with E-state index in [1.807, 2.05) is 0 Å². The monoisotopic (exact) mass is 575 g/mol. The van der Waals surface area contributed by atoms with Crippen LogP contribution in [0.3, 0.4) is 0 Å². The van der Waals surface area contributed by atoms with Gasteiger partial charge in [0.15, 0.2) is 0 Å². The minimum atomic E-state index is -0.474. The molecule has 0 saturated carbocycles. The van der Waals surface area contributed by atoms with Crippen LogP contribution in [0.15, 0.2) is 6.20 Å². The van der Waals surface area contributed by atoms with Crippen LogP contribution in [0.5, 0.6) is 5.75 Å². The maximum atomic E-state index is 14.4. The minimum absolute atomic E-state index is 0.00711. The number of hydrogen-bond donors (Lipinski definition) is 2. The molecule has 0 aliphatic heterocycles. The quantitative estimate of drug-likeness (QED) is 0.0848. The van der Waals surface area contributed by atoms with E-state index in [1.54, 1.807) is 13.1 Å². The fraction of sp³-hybridized carbons (Fsp3) is 0.833. The van der Waals surface area contributed by atoms with Gasteiger partial charge in [0.1, 0.15) is 12.4 Å². The summed E-state index contributed by atoms with van der Waals surface area (Å²) < 4.78 is 6.20. The minimum Gasteiger partial charge on any atom is -0.506 e. The molecule has 1 unspecified atom stereocenters. The smallest absolute Gasteiger partial charge is 0.312 e. The first-order valence-corrected chi connectivity index (χ1v) is 17.4. The zero-order chi connectivity index (χ0) is 30.3. The topological polar surface area (TPSA) is 79.7 Å². The lowest BCUT2D eigenvalue weighted by atomic mass is 9.65. The summed E-state index contributed by atoms with van der Waals surface area (Å²) in [7, 11) is 0. The maximum Gasteiger partial charge on any atom is 0.312 e. The van der Waals surface area contributed by atoms with E-state index in [-0.39, 0.29) is 24.9 Å². The van der Waals surface area contributed by atoms with Gasteiger partial charge < -0.3 is 14.9 Å². The molecule has 0 radical (unpaired) electrons. The van der Waals surface area contributed by atoms with Gasteiger partial charge in [0.25, 0.3) is 0 Å². The normalized spacial score (nSPS) is 12.5. The highest BCUT2D eigenvalue weighted by Gasteiger charge is 2.45. The average molecular weight is 576 g/mol. The van der Waals surface area contributed by atoms with Gasteiger partial charge in [-0.25, -0.2) is 0 Å². The molecule has 1 heterocycles. The number of aryl methyl sites for hydroxylation is 1. The van der Waals surface area contributed by atoms with Crippen molar-refractivity contribution in [1.82, 2.24) is 4.98 Å². The van der Waals surface area contributed by atoms with Gasteiger partial charge in [-0.2, -0.15) is 0 Å². The molecule has 0 spiro atoms. The van der Waals surface area contributed by atoms with Crippen molar-refractivity contribution in [3.8, 4) is 5.75 Å². The number of aliphatic hydroxyl groups is 1. The fourth-order valence-corrected chi connectivity index (χ4v) is 6.42. The van der Waals surface area contributed by atoms with Gasteiger partial charge in [0.2, 0.25) is 0 Å². The summed E-state index contributed by atoms with van der Waals surface area (Å²) in [4.78, 5) is 18.7. The molecule has 5 nitrogen and oxygen atoms in total. The van der Waals surface area contributed by atoms with Crippen molar-refractivity contribution >= 4 is 5.97 Å². The van der Waals surface area contributed by atoms with Gasteiger partial charge in [-0.3, -0.25) is 9.78 Å². The van der Waals surface area contributed by atoms with Crippen LogP contribution in [-0.2, 0) is 22.7 Å². The predicted molar refractivity (Wildman–Crippen MR) is 172 cm³/mol. The van der Waals surface area contributed by atoms with E-state index in [0.717, 1.165) is 51.4 Å². The number of carbonyl (C=O) groups is 1. The largest absolute Gasteiger partial charge is 0.506 e. The summed E-state index contributed by atoms with van der Waals surface area (Å²) >= 11 is 0. The van der Waals surface area contributed by atoms with Gasteiger partial charge >= 0.3 is 5.97 Å². The maximum absolute atomic E-state index is 14.4. The summed E-state index contributed by atoms with van der Waals surface area (Å²) in [6.07, 6.45) is 25.9. The van der Waals surface area contributed by atoms with Crippen LogP contribution < -0.4 is 0 Å². The Morgan fingerprint density at radius 2 is 1.24 bits per heavy atom. The highest BCUT2D eigenvalue weighted by Crippen LogP contribution is 2.46.